The fourth-order valence-electron chi connectivity index (χ4n) is 2.76. The van der Waals surface area contributed by atoms with Crippen molar-refractivity contribution in [3.8, 4) is 0 Å². The Labute approximate surface area is 188 Å². The van der Waals surface area contributed by atoms with Gasteiger partial charge >= 0.3 is 0 Å². The number of H-pyrrole nitrogens is 1. The highest BCUT2D eigenvalue weighted by molar-refractivity contribution is 7.98. The van der Waals surface area contributed by atoms with Crippen LogP contribution in [0.4, 0.5) is 5.13 Å². The standard InChI is InChI=1S/C21H23N5O3S2/c1-12-15(18(28)25-20(22-12)30-11-14-8-6-5-7-9-14)10-16(27)24-21-23-13(2)17(31-21)19(29)26(3)4/h5-9H,10-11H2,1-4H3,(H,22,25,28)(H,23,24,27). The number of hydrogen-bond acceptors (Lipinski definition) is 7. The van der Waals surface area contributed by atoms with Crippen molar-refractivity contribution < 1.29 is 9.59 Å². The number of carbonyl (C=O) groups excluding carboxylic acids is 2. The molecule has 8 nitrogen and oxygen atoms in total. The molecular formula is C21H23N5O3S2. The van der Waals surface area contributed by atoms with E-state index >= 15 is 0 Å². The van der Waals surface area contributed by atoms with Crippen molar-refractivity contribution >= 4 is 40.0 Å². The second kappa shape index (κ2) is 9.88. The number of nitrogens with one attached hydrogen (secondary N) is 2. The number of nitrogens with zero attached hydrogens (tertiary/aromatic N) is 3. The molecule has 0 bridgehead atoms. The van der Waals surface area contributed by atoms with Gasteiger partial charge < -0.3 is 15.2 Å². The molecule has 3 rings (SSSR count). The third-order valence-electron chi connectivity index (χ3n) is 4.40. The predicted molar refractivity (Wildman–Crippen MR) is 123 cm³/mol. The zero-order valence-electron chi connectivity index (χ0n) is 17.7. The van der Waals surface area contributed by atoms with Gasteiger partial charge in [0.25, 0.3) is 11.5 Å². The van der Waals surface area contributed by atoms with Crippen molar-refractivity contribution in [3.05, 3.63) is 68.1 Å². The number of thiazole rings is 1. The Kier molecular flexibility index (Phi) is 7.24. The first-order chi connectivity index (χ1) is 14.7. The zero-order chi connectivity index (χ0) is 22.5. The van der Waals surface area contributed by atoms with Gasteiger partial charge in [-0.15, -0.1) is 0 Å². The molecule has 0 aliphatic rings. The number of aromatic amines is 1. The molecule has 0 aliphatic heterocycles. The summed E-state index contributed by atoms with van der Waals surface area (Å²) in [6, 6.07) is 9.89. The summed E-state index contributed by atoms with van der Waals surface area (Å²) >= 11 is 2.54. The van der Waals surface area contributed by atoms with E-state index in [4.69, 9.17) is 0 Å². The van der Waals surface area contributed by atoms with Crippen LogP contribution in [-0.4, -0.2) is 45.8 Å². The third kappa shape index (κ3) is 5.80. The van der Waals surface area contributed by atoms with Crippen molar-refractivity contribution in [3.63, 3.8) is 0 Å². The number of hydrogen-bond donors (Lipinski definition) is 2. The van der Waals surface area contributed by atoms with Crippen LogP contribution in [0.25, 0.3) is 0 Å². The second-order valence-electron chi connectivity index (χ2n) is 7.07. The summed E-state index contributed by atoms with van der Waals surface area (Å²) in [5.41, 5.74) is 2.15. The quantitative estimate of drug-likeness (QED) is 0.417. The molecule has 1 aromatic carbocycles. The summed E-state index contributed by atoms with van der Waals surface area (Å²) < 4.78 is 0. The van der Waals surface area contributed by atoms with Gasteiger partial charge in [0.2, 0.25) is 5.91 Å². The van der Waals surface area contributed by atoms with Crippen LogP contribution in [0.3, 0.4) is 0 Å². The van der Waals surface area contributed by atoms with Crippen molar-refractivity contribution in [1.82, 2.24) is 19.9 Å². The number of amides is 2. The molecule has 3 aromatic rings. The summed E-state index contributed by atoms with van der Waals surface area (Å²) in [6.07, 6.45) is -0.132. The van der Waals surface area contributed by atoms with Crippen molar-refractivity contribution in [1.29, 1.82) is 0 Å². The van der Waals surface area contributed by atoms with Gasteiger partial charge in [-0.25, -0.2) is 9.97 Å². The molecule has 0 radical (unpaired) electrons. The van der Waals surface area contributed by atoms with Crippen LogP contribution in [0, 0.1) is 13.8 Å². The van der Waals surface area contributed by atoms with E-state index in [0.29, 0.717) is 37.9 Å². The molecule has 0 unspecified atom stereocenters. The third-order valence-corrected chi connectivity index (χ3v) is 6.40. The minimum Gasteiger partial charge on any atom is -0.344 e. The van der Waals surface area contributed by atoms with Crippen LogP contribution in [-0.2, 0) is 17.0 Å². The monoisotopic (exact) mass is 457 g/mol. The molecule has 0 atom stereocenters. The van der Waals surface area contributed by atoms with Crippen LogP contribution in [0.5, 0.6) is 0 Å². The van der Waals surface area contributed by atoms with Gasteiger partial charge in [-0.3, -0.25) is 14.4 Å². The number of thioether (sulfide) groups is 1. The molecule has 2 amide bonds. The smallest absolute Gasteiger partial charge is 0.265 e. The lowest BCUT2D eigenvalue weighted by atomic mass is 10.1. The fourth-order valence-corrected chi connectivity index (χ4v) is 4.63. The van der Waals surface area contributed by atoms with E-state index in [1.165, 1.54) is 16.7 Å². The maximum Gasteiger partial charge on any atom is 0.265 e. The maximum atomic E-state index is 12.5. The first kappa shape index (κ1) is 22.7. The predicted octanol–water partition coefficient (Wildman–Crippen LogP) is 3.02. The Hall–Kier alpha value is -2.98. The first-order valence-electron chi connectivity index (χ1n) is 9.50. The molecule has 2 aromatic heterocycles. The lowest BCUT2D eigenvalue weighted by molar-refractivity contribution is -0.115. The van der Waals surface area contributed by atoms with Crippen LogP contribution >= 0.6 is 23.1 Å². The second-order valence-corrected chi connectivity index (χ2v) is 9.03. The van der Waals surface area contributed by atoms with Crippen molar-refractivity contribution in [2.24, 2.45) is 0 Å². The van der Waals surface area contributed by atoms with Crippen LogP contribution in [0.2, 0.25) is 0 Å². The molecule has 10 heteroatoms. The number of benzene rings is 1. The molecule has 0 saturated heterocycles. The van der Waals surface area contributed by atoms with Gasteiger partial charge in [-0.2, -0.15) is 0 Å². The van der Waals surface area contributed by atoms with Crippen molar-refractivity contribution in [2.75, 3.05) is 19.4 Å². The maximum absolute atomic E-state index is 12.5. The van der Waals surface area contributed by atoms with Gasteiger partial charge in [0.15, 0.2) is 10.3 Å². The van der Waals surface area contributed by atoms with Gasteiger partial charge in [0.05, 0.1) is 12.1 Å². The van der Waals surface area contributed by atoms with E-state index < -0.39 is 5.91 Å². The van der Waals surface area contributed by atoms with Gasteiger partial charge in [-0.1, -0.05) is 53.4 Å². The fraction of sp³-hybridized carbons (Fsp3) is 0.286. The summed E-state index contributed by atoms with van der Waals surface area (Å²) in [4.78, 5) is 50.5. The highest BCUT2D eigenvalue weighted by Crippen LogP contribution is 2.24. The molecule has 0 fully saturated rings. The van der Waals surface area contributed by atoms with Gasteiger partial charge in [0.1, 0.15) is 4.88 Å². The Morgan fingerprint density at radius 1 is 1.13 bits per heavy atom. The number of aryl methyl sites for hydroxylation is 2. The first-order valence-corrected chi connectivity index (χ1v) is 11.3. The lowest BCUT2D eigenvalue weighted by Crippen LogP contribution is -2.23. The molecule has 31 heavy (non-hydrogen) atoms. The van der Waals surface area contributed by atoms with Crippen LogP contribution in [0.1, 0.15) is 32.2 Å². The number of aromatic nitrogens is 3. The van der Waals surface area contributed by atoms with Gasteiger partial charge in [-0.05, 0) is 19.4 Å². The van der Waals surface area contributed by atoms with E-state index in [1.807, 2.05) is 30.3 Å². The molecule has 0 saturated carbocycles. The topological polar surface area (TPSA) is 108 Å². The number of anilines is 1. The zero-order valence-corrected chi connectivity index (χ0v) is 19.3. The molecular weight excluding hydrogens is 434 g/mol. The highest BCUT2D eigenvalue weighted by Gasteiger charge is 2.19. The van der Waals surface area contributed by atoms with Crippen LogP contribution < -0.4 is 10.9 Å². The Morgan fingerprint density at radius 2 is 1.84 bits per heavy atom. The van der Waals surface area contributed by atoms with E-state index in [9.17, 15) is 14.4 Å². The van der Waals surface area contributed by atoms with E-state index in [1.54, 1.807) is 27.9 Å². The average molecular weight is 458 g/mol. The molecule has 0 aliphatic carbocycles. The van der Waals surface area contributed by atoms with E-state index in [-0.39, 0.29) is 17.9 Å². The van der Waals surface area contributed by atoms with E-state index in [2.05, 4.69) is 20.3 Å². The minimum absolute atomic E-state index is 0.132. The van der Waals surface area contributed by atoms with Crippen molar-refractivity contribution in [2.45, 2.75) is 31.2 Å². The molecule has 0 spiro atoms. The lowest BCUT2D eigenvalue weighted by Gasteiger charge is -2.08. The summed E-state index contributed by atoms with van der Waals surface area (Å²) in [5, 5.41) is 3.51. The number of carbonyl (C=O) groups is 2. The molecule has 2 N–H and O–H groups in total. The minimum atomic E-state index is -0.391. The SMILES string of the molecule is Cc1nc(NC(=O)Cc2c(C)nc(SCc3ccccc3)[nH]c2=O)sc1C(=O)N(C)C. The van der Waals surface area contributed by atoms with Crippen LogP contribution in [0.15, 0.2) is 40.3 Å². The molecule has 2 heterocycles. The summed E-state index contributed by atoms with van der Waals surface area (Å²) in [7, 11) is 3.31. The Bertz CT molecular complexity index is 1160. The average Bonchev–Trinajstić information content (AvgIpc) is 3.09. The number of rotatable bonds is 7. The van der Waals surface area contributed by atoms with E-state index in [0.717, 1.165) is 16.9 Å². The largest absolute Gasteiger partial charge is 0.344 e. The van der Waals surface area contributed by atoms with Gasteiger partial charge in [0, 0.05) is 31.1 Å². The Morgan fingerprint density at radius 3 is 2.48 bits per heavy atom. The highest BCUT2D eigenvalue weighted by atomic mass is 32.2. The molecule has 162 valence electrons. The Balaban J connectivity index is 1.67. The normalized spacial score (nSPS) is 10.7. The summed E-state index contributed by atoms with van der Waals surface area (Å²) in [6.45, 7) is 3.43. The summed E-state index contributed by atoms with van der Waals surface area (Å²) in [5.74, 6) is 0.119.